The quantitative estimate of drug-likeness (QED) is 0.677. The van der Waals surface area contributed by atoms with E-state index < -0.39 is 16.1 Å². The Hall–Kier alpha value is -1.64. The minimum Gasteiger partial charge on any atom is -0.352 e. The van der Waals surface area contributed by atoms with Crippen LogP contribution in [0.5, 0.6) is 0 Å². The highest BCUT2D eigenvalue weighted by molar-refractivity contribution is 7.89. The predicted molar refractivity (Wildman–Crippen MR) is 111 cm³/mol. The highest BCUT2D eigenvalue weighted by Crippen LogP contribution is 2.31. The van der Waals surface area contributed by atoms with E-state index in [0.29, 0.717) is 31.0 Å². The number of halogens is 1. The molecule has 0 aromatic heterocycles. The van der Waals surface area contributed by atoms with Gasteiger partial charge in [-0.25, -0.2) is 8.42 Å². The van der Waals surface area contributed by atoms with E-state index in [1.807, 2.05) is 4.90 Å². The van der Waals surface area contributed by atoms with Crippen molar-refractivity contribution in [2.24, 2.45) is 11.8 Å². The van der Waals surface area contributed by atoms with Crippen LogP contribution < -0.4 is 10.0 Å². The summed E-state index contributed by atoms with van der Waals surface area (Å²) in [6.45, 7) is 4.84. The molecule has 9 heteroatoms. The van der Waals surface area contributed by atoms with Gasteiger partial charge in [0.1, 0.15) is 6.04 Å². The minimum absolute atomic E-state index is 0.0235. The number of hydrogen-bond donors (Lipinski definition) is 2. The van der Waals surface area contributed by atoms with Crippen LogP contribution in [0.15, 0.2) is 29.2 Å². The van der Waals surface area contributed by atoms with Crippen molar-refractivity contribution in [3.8, 4) is 0 Å². The number of likely N-dealkylation sites (tertiary alicyclic amines) is 1. The molecule has 1 aromatic carbocycles. The molecule has 1 heterocycles. The van der Waals surface area contributed by atoms with Gasteiger partial charge in [0.25, 0.3) is 0 Å². The highest BCUT2D eigenvalue weighted by atomic mass is 35.5. The molecule has 1 aliphatic carbocycles. The molecule has 1 aliphatic heterocycles. The molecule has 1 saturated carbocycles. The van der Waals surface area contributed by atoms with Gasteiger partial charge in [0.2, 0.25) is 21.8 Å². The normalized spacial score (nSPS) is 19.2. The smallest absolute Gasteiger partial charge is 0.241 e. The Kier molecular flexibility index (Phi) is 6.86. The Morgan fingerprint density at radius 3 is 2.34 bits per heavy atom. The monoisotopic (exact) mass is 441 g/mol. The molecule has 1 atom stereocenters. The predicted octanol–water partition coefficient (Wildman–Crippen LogP) is 2.16. The van der Waals surface area contributed by atoms with E-state index in [-0.39, 0.29) is 34.6 Å². The molecule has 1 saturated heterocycles. The second-order valence-corrected chi connectivity index (χ2v) is 10.3. The molecule has 2 fully saturated rings. The number of amides is 2. The summed E-state index contributed by atoms with van der Waals surface area (Å²) in [5, 5.41) is 3.27. The molecule has 160 valence electrons. The van der Waals surface area contributed by atoms with Crippen LogP contribution in [-0.4, -0.2) is 50.3 Å². The highest BCUT2D eigenvalue weighted by Gasteiger charge is 2.36. The average molecular weight is 442 g/mol. The third kappa shape index (κ3) is 5.71. The van der Waals surface area contributed by atoms with Crippen molar-refractivity contribution in [3.05, 3.63) is 29.3 Å². The number of carbonyl (C=O) groups is 2. The molecule has 0 bridgehead atoms. The Morgan fingerprint density at radius 2 is 1.79 bits per heavy atom. The van der Waals surface area contributed by atoms with Gasteiger partial charge in [-0.1, -0.05) is 31.5 Å². The fourth-order valence-electron chi connectivity index (χ4n) is 3.49. The third-order valence-electron chi connectivity index (χ3n) is 5.42. The van der Waals surface area contributed by atoms with Crippen LogP contribution in [0, 0.1) is 11.8 Å². The number of benzene rings is 1. The van der Waals surface area contributed by atoms with E-state index in [2.05, 4.69) is 10.0 Å². The van der Waals surface area contributed by atoms with Crippen LogP contribution in [0.1, 0.15) is 39.5 Å². The molecular formula is C20H28ClN3O4S. The van der Waals surface area contributed by atoms with Crippen molar-refractivity contribution in [3.63, 3.8) is 0 Å². The second kappa shape index (κ2) is 9.02. The zero-order chi connectivity index (χ0) is 21.2. The molecule has 7 nitrogen and oxygen atoms in total. The Balaban J connectivity index is 1.59. The molecule has 2 amide bonds. The average Bonchev–Trinajstić information content (AvgIpc) is 3.51. The summed E-state index contributed by atoms with van der Waals surface area (Å²) >= 11 is 5.90. The van der Waals surface area contributed by atoms with Crippen LogP contribution in [-0.2, 0) is 19.6 Å². The van der Waals surface area contributed by atoms with Crippen LogP contribution in [0.2, 0.25) is 5.02 Å². The van der Waals surface area contributed by atoms with Gasteiger partial charge < -0.3 is 10.2 Å². The molecule has 0 spiro atoms. The molecule has 3 rings (SSSR count). The van der Waals surface area contributed by atoms with Crippen molar-refractivity contribution < 1.29 is 18.0 Å². The third-order valence-corrected chi connectivity index (χ3v) is 7.09. The minimum atomic E-state index is -3.88. The summed E-state index contributed by atoms with van der Waals surface area (Å²) in [5.41, 5.74) is 0. The number of rotatable bonds is 7. The summed E-state index contributed by atoms with van der Waals surface area (Å²) in [5.74, 6) is -0.158. The first-order chi connectivity index (χ1) is 13.7. The van der Waals surface area contributed by atoms with E-state index in [1.54, 1.807) is 26.0 Å². The first kappa shape index (κ1) is 22.1. The molecule has 29 heavy (non-hydrogen) atoms. The Morgan fingerprint density at radius 1 is 1.14 bits per heavy atom. The maximum atomic E-state index is 12.8. The standard InChI is InChI=1S/C20H28ClN3O4S/c1-13(2)18(23-29(27,28)17-5-3-4-15(21)12-17)19(25)22-16-8-10-24(11-9-16)20(26)14-6-7-14/h3-5,12-14,16,18,23H,6-11H2,1-2H3,(H,22,25)/t18-/m0/s1. The first-order valence-corrected chi connectivity index (χ1v) is 11.9. The topological polar surface area (TPSA) is 95.6 Å². The largest absolute Gasteiger partial charge is 0.352 e. The van der Waals surface area contributed by atoms with E-state index in [0.717, 1.165) is 12.8 Å². The Labute approximate surface area is 177 Å². The van der Waals surface area contributed by atoms with E-state index in [1.165, 1.54) is 12.1 Å². The molecule has 2 N–H and O–H groups in total. The van der Waals surface area contributed by atoms with Gasteiger partial charge in [-0.15, -0.1) is 0 Å². The summed E-state index contributed by atoms with van der Waals surface area (Å²) in [7, 11) is -3.88. The number of nitrogens with one attached hydrogen (secondary N) is 2. The lowest BCUT2D eigenvalue weighted by Gasteiger charge is -2.33. The molecular weight excluding hydrogens is 414 g/mol. The number of nitrogens with zero attached hydrogens (tertiary/aromatic N) is 1. The lowest BCUT2D eigenvalue weighted by atomic mass is 10.0. The number of piperidine rings is 1. The van der Waals surface area contributed by atoms with E-state index in [9.17, 15) is 18.0 Å². The van der Waals surface area contributed by atoms with Crippen LogP contribution in [0.25, 0.3) is 0 Å². The van der Waals surface area contributed by atoms with Crippen molar-refractivity contribution >= 4 is 33.4 Å². The van der Waals surface area contributed by atoms with Gasteiger partial charge in [0.05, 0.1) is 4.90 Å². The van der Waals surface area contributed by atoms with Gasteiger partial charge in [-0.05, 0) is 49.8 Å². The summed E-state index contributed by atoms with van der Waals surface area (Å²) in [4.78, 5) is 26.9. The molecule has 1 aromatic rings. The summed E-state index contributed by atoms with van der Waals surface area (Å²) in [6.07, 6.45) is 3.32. The van der Waals surface area contributed by atoms with Crippen LogP contribution >= 0.6 is 11.6 Å². The number of sulfonamides is 1. The molecule has 0 radical (unpaired) electrons. The SMILES string of the molecule is CC(C)[C@H](NS(=O)(=O)c1cccc(Cl)c1)C(=O)NC1CCN(C(=O)C2CC2)CC1. The molecule has 0 unspecified atom stereocenters. The van der Waals surface area contributed by atoms with Crippen LogP contribution in [0.3, 0.4) is 0 Å². The number of carbonyl (C=O) groups excluding carboxylic acids is 2. The maximum absolute atomic E-state index is 12.8. The zero-order valence-electron chi connectivity index (χ0n) is 16.7. The van der Waals surface area contributed by atoms with Gasteiger partial charge in [-0.2, -0.15) is 4.72 Å². The van der Waals surface area contributed by atoms with Crippen molar-refractivity contribution in [1.82, 2.24) is 14.9 Å². The van der Waals surface area contributed by atoms with Crippen molar-refractivity contribution in [2.75, 3.05) is 13.1 Å². The van der Waals surface area contributed by atoms with Gasteiger partial charge >= 0.3 is 0 Å². The fraction of sp³-hybridized carbons (Fsp3) is 0.600. The fourth-order valence-corrected chi connectivity index (χ4v) is 5.13. The summed E-state index contributed by atoms with van der Waals surface area (Å²) < 4.78 is 27.9. The zero-order valence-corrected chi connectivity index (χ0v) is 18.3. The second-order valence-electron chi connectivity index (χ2n) is 8.18. The van der Waals surface area contributed by atoms with Gasteiger partial charge in [0.15, 0.2) is 0 Å². The summed E-state index contributed by atoms with van der Waals surface area (Å²) in [6, 6.07) is 4.97. The maximum Gasteiger partial charge on any atom is 0.241 e. The van der Waals surface area contributed by atoms with Crippen molar-refractivity contribution in [1.29, 1.82) is 0 Å². The van der Waals surface area contributed by atoms with Crippen LogP contribution in [0.4, 0.5) is 0 Å². The Bertz CT molecular complexity index is 862. The molecule has 2 aliphatic rings. The van der Waals surface area contributed by atoms with Gasteiger partial charge in [-0.3, -0.25) is 9.59 Å². The number of hydrogen-bond acceptors (Lipinski definition) is 4. The van der Waals surface area contributed by atoms with E-state index in [4.69, 9.17) is 11.6 Å². The lowest BCUT2D eigenvalue weighted by molar-refractivity contribution is -0.133. The van der Waals surface area contributed by atoms with Crippen molar-refractivity contribution in [2.45, 2.75) is 56.5 Å². The first-order valence-electron chi connectivity index (χ1n) is 10.0. The van der Waals surface area contributed by atoms with Gasteiger partial charge in [0, 0.05) is 30.1 Å². The lowest BCUT2D eigenvalue weighted by Crippen LogP contribution is -2.54. The van der Waals surface area contributed by atoms with E-state index >= 15 is 0 Å².